The highest BCUT2D eigenvalue weighted by Gasteiger charge is 2.37. The summed E-state index contributed by atoms with van der Waals surface area (Å²) in [5, 5.41) is 9.78. The number of hydrogen-bond acceptors (Lipinski definition) is 6. The molecule has 1 aliphatic heterocycles. The molecule has 0 aliphatic carbocycles. The molecular formula is C34H46N4O3. The zero-order valence-electron chi connectivity index (χ0n) is 26.0. The number of hydrogen-bond donors (Lipinski definition) is 1. The minimum atomic E-state index is -0.917. The van der Waals surface area contributed by atoms with E-state index in [1.54, 1.807) is 13.8 Å². The average Bonchev–Trinajstić information content (AvgIpc) is 2.96. The molecule has 1 saturated heterocycles. The molecule has 3 aromatic rings. The first kappa shape index (κ1) is 30.5. The van der Waals surface area contributed by atoms with E-state index in [1.807, 2.05) is 4.90 Å². The van der Waals surface area contributed by atoms with Crippen LogP contribution in [0.1, 0.15) is 81.0 Å². The number of carboxylic acid groups (broad SMARTS) is 1. The molecule has 7 nitrogen and oxygen atoms in total. The summed E-state index contributed by atoms with van der Waals surface area (Å²) in [4.78, 5) is 26.6. The molecule has 0 bridgehead atoms. The first-order valence-electron chi connectivity index (χ1n) is 14.9. The van der Waals surface area contributed by atoms with Crippen LogP contribution in [0.2, 0.25) is 0 Å². The van der Waals surface area contributed by atoms with Crippen LogP contribution in [0, 0.1) is 13.8 Å². The van der Waals surface area contributed by atoms with Crippen molar-refractivity contribution in [1.82, 2.24) is 14.9 Å². The molecule has 0 atom stereocenters. The zero-order chi connectivity index (χ0) is 29.9. The lowest BCUT2D eigenvalue weighted by atomic mass is 9.96. The van der Waals surface area contributed by atoms with Crippen LogP contribution in [0.15, 0.2) is 36.4 Å². The third-order valence-corrected chi connectivity index (χ3v) is 8.56. The Morgan fingerprint density at radius 1 is 1.00 bits per heavy atom. The van der Waals surface area contributed by atoms with Gasteiger partial charge in [-0.3, -0.25) is 9.69 Å². The van der Waals surface area contributed by atoms with Crippen LogP contribution in [0.5, 0.6) is 5.75 Å². The number of nitrogens with zero attached hydrogens (tertiary/aromatic N) is 4. The van der Waals surface area contributed by atoms with Crippen LogP contribution in [0.25, 0.3) is 11.4 Å². The molecular weight excluding hydrogens is 512 g/mol. The maximum atomic E-state index is 11.9. The zero-order valence-corrected chi connectivity index (χ0v) is 26.0. The highest BCUT2D eigenvalue weighted by molar-refractivity contribution is 5.77. The van der Waals surface area contributed by atoms with Crippen LogP contribution in [-0.4, -0.2) is 57.7 Å². The van der Waals surface area contributed by atoms with E-state index >= 15 is 0 Å². The summed E-state index contributed by atoms with van der Waals surface area (Å²) in [7, 11) is 0. The molecule has 0 saturated carbocycles. The van der Waals surface area contributed by atoms with Gasteiger partial charge in [-0.15, -0.1) is 0 Å². The minimum Gasteiger partial charge on any atom is -0.488 e. The minimum absolute atomic E-state index is 0.362. The summed E-state index contributed by atoms with van der Waals surface area (Å²) in [6.45, 7) is 19.4. The van der Waals surface area contributed by atoms with Gasteiger partial charge in [0.2, 0.25) is 0 Å². The number of rotatable bonds is 10. The van der Waals surface area contributed by atoms with E-state index < -0.39 is 11.5 Å². The lowest BCUT2D eigenvalue weighted by molar-refractivity contribution is -0.149. The van der Waals surface area contributed by atoms with Gasteiger partial charge in [0.15, 0.2) is 5.82 Å². The highest BCUT2D eigenvalue weighted by Crippen LogP contribution is 2.33. The molecule has 0 amide bonds. The van der Waals surface area contributed by atoms with E-state index in [0.717, 1.165) is 52.6 Å². The molecule has 220 valence electrons. The standard InChI is InChI=1S/C34H46N4O3/c1-9-25-12-11-13-26(10-2)30(25)31-35-24(6)28(21-41-29-20-27(22(3)4)15-14-23(29)5)32(36-31)37-16-18-38(19-17-37)34(7,8)33(39)40/h11-15,20,22H,9-10,16-19,21H2,1-8H3,(H,39,40). The molecule has 1 N–H and O–H groups in total. The average molecular weight is 559 g/mol. The normalized spacial score (nSPS) is 14.5. The van der Waals surface area contributed by atoms with Crippen molar-refractivity contribution in [3.05, 3.63) is 69.9 Å². The van der Waals surface area contributed by atoms with Crippen molar-refractivity contribution in [2.75, 3.05) is 31.1 Å². The van der Waals surface area contributed by atoms with E-state index in [2.05, 4.69) is 82.8 Å². The molecule has 41 heavy (non-hydrogen) atoms. The maximum absolute atomic E-state index is 11.9. The fraction of sp³-hybridized carbons (Fsp3) is 0.500. The number of ether oxygens (including phenoxy) is 1. The van der Waals surface area contributed by atoms with Crippen LogP contribution in [0.3, 0.4) is 0 Å². The Morgan fingerprint density at radius 2 is 1.63 bits per heavy atom. The molecule has 2 aromatic carbocycles. The Hall–Kier alpha value is -3.45. The summed E-state index contributed by atoms with van der Waals surface area (Å²) < 4.78 is 6.47. The largest absolute Gasteiger partial charge is 0.488 e. The molecule has 0 unspecified atom stereocenters. The van der Waals surface area contributed by atoms with E-state index in [-0.39, 0.29) is 0 Å². The van der Waals surface area contributed by atoms with Gasteiger partial charge >= 0.3 is 5.97 Å². The summed E-state index contributed by atoms with van der Waals surface area (Å²) >= 11 is 0. The van der Waals surface area contributed by atoms with Gasteiger partial charge in [0.05, 0.1) is 11.3 Å². The van der Waals surface area contributed by atoms with Crippen molar-refractivity contribution in [3.63, 3.8) is 0 Å². The third kappa shape index (κ3) is 6.40. The fourth-order valence-electron chi connectivity index (χ4n) is 5.55. The molecule has 4 rings (SSSR count). The Kier molecular flexibility index (Phi) is 9.37. The lowest BCUT2D eigenvalue weighted by Gasteiger charge is -2.42. The van der Waals surface area contributed by atoms with E-state index in [9.17, 15) is 9.90 Å². The Bertz CT molecular complexity index is 1370. The predicted molar refractivity (Wildman–Crippen MR) is 166 cm³/mol. The van der Waals surface area contributed by atoms with Gasteiger partial charge in [-0.2, -0.15) is 0 Å². The van der Waals surface area contributed by atoms with Gasteiger partial charge in [0.1, 0.15) is 23.7 Å². The topological polar surface area (TPSA) is 78.8 Å². The van der Waals surface area contributed by atoms with Crippen LogP contribution >= 0.6 is 0 Å². The molecule has 1 aliphatic rings. The number of piperazine rings is 1. The third-order valence-electron chi connectivity index (χ3n) is 8.56. The summed E-state index contributed by atoms with van der Waals surface area (Å²) in [6.07, 6.45) is 1.81. The van der Waals surface area contributed by atoms with E-state index in [4.69, 9.17) is 14.7 Å². The second-order valence-corrected chi connectivity index (χ2v) is 11.9. The Morgan fingerprint density at radius 3 is 2.20 bits per heavy atom. The van der Waals surface area contributed by atoms with Gasteiger partial charge in [0, 0.05) is 31.7 Å². The molecule has 0 spiro atoms. The quantitative estimate of drug-likeness (QED) is 0.301. The number of aryl methyl sites for hydroxylation is 4. The predicted octanol–water partition coefficient (Wildman–Crippen LogP) is 6.57. The van der Waals surface area contributed by atoms with Gasteiger partial charge in [-0.1, -0.05) is 58.0 Å². The van der Waals surface area contributed by atoms with E-state index in [1.165, 1.54) is 16.7 Å². The second kappa shape index (κ2) is 12.6. The Balaban J connectivity index is 1.75. The SMILES string of the molecule is CCc1cccc(CC)c1-c1nc(C)c(COc2cc(C(C)C)ccc2C)c(N2CCN(C(C)(C)C(=O)O)CC2)n1. The maximum Gasteiger partial charge on any atom is 0.323 e. The number of anilines is 1. The highest BCUT2D eigenvalue weighted by atomic mass is 16.5. The van der Waals surface area contributed by atoms with Gasteiger partial charge in [-0.25, -0.2) is 9.97 Å². The monoisotopic (exact) mass is 558 g/mol. The number of carboxylic acids is 1. The van der Waals surface area contributed by atoms with Crippen molar-refractivity contribution < 1.29 is 14.6 Å². The van der Waals surface area contributed by atoms with Crippen molar-refractivity contribution >= 4 is 11.8 Å². The second-order valence-electron chi connectivity index (χ2n) is 11.9. The molecule has 7 heteroatoms. The van der Waals surface area contributed by atoms with E-state index in [0.29, 0.717) is 38.7 Å². The first-order chi connectivity index (χ1) is 19.5. The smallest absolute Gasteiger partial charge is 0.323 e. The molecule has 2 heterocycles. The summed E-state index contributed by atoms with van der Waals surface area (Å²) in [6, 6.07) is 12.9. The Labute approximate surface area is 245 Å². The van der Waals surface area contributed by atoms with Crippen LogP contribution < -0.4 is 9.64 Å². The number of aliphatic carboxylic acids is 1. The molecule has 1 aromatic heterocycles. The van der Waals surface area contributed by atoms with Crippen molar-refractivity contribution in [2.24, 2.45) is 0 Å². The number of benzene rings is 2. The molecule has 1 fully saturated rings. The van der Waals surface area contributed by atoms with Crippen LogP contribution in [-0.2, 0) is 24.2 Å². The number of aromatic nitrogens is 2. The molecule has 0 radical (unpaired) electrons. The lowest BCUT2D eigenvalue weighted by Crippen LogP contribution is -2.58. The van der Waals surface area contributed by atoms with Crippen molar-refractivity contribution in [2.45, 2.75) is 86.3 Å². The van der Waals surface area contributed by atoms with Gasteiger partial charge in [-0.05, 0) is 74.8 Å². The number of carbonyl (C=O) groups is 1. The van der Waals surface area contributed by atoms with Crippen molar-refractivity contribution in [3.8, 4) is 17.1 Å². The van der Waals surface area contributed by atoms with Gasteiger partial charge in [0.25, 0.3) is 0 Å². The summed E-state index contributed by atoms with van der Waals surface area (Å²) in [5.41, 5.74) is 6.92. The summed E-state index contributed by atoms with van der Waals surface area (Å²) in [5.74, 6) is 2.12. The fourth-order valence-corrected chi connectivity index (χ4v) is 5.55. The van der Waals surface area contributed by atoms with Gasteiger partial charge < -0.3 is 14.7 Å². The van der Waals surface area contributed by atoms with Crippen LogP contribution in [0.4, 0.5) is 5.82 Å². The first-order valence-corrected chi connectivity index (χ1v) is 14.9. The van der Waals surface area contributed by atoms with Crippen molar-refractivity contribution in [1.29, 1.82) is 0 Å².